The maximum Gasteiger partial charge on any atom is 0.354 e. The van der Waals surface area contributed by atoms with Gasteiger partial charge in [-0.25, -0.2) is 9.78 Å². The average molecular weight is 226 g/mol. The molecule has 0 fully saturated rings. The van der Waals surface area contributed by atoms with E-state index in [0.717, 1.165) is 22.0 Å². The molecular weight excluding hydrogens is 216 g/mol. The summed E-state index contributed by atoms with van der Waals surface area (Å²) in [5.74, 6) is -0.995. The molecule has 4 nitrogen and oxygen atoms in total. The normalized spacial score (nSPS) is 11.1. The minimum Gasteiger partial charge on any atom is -0.477 e. The number of carboxylic acids is 1. The standard InChI is InChI=1S/C13H10N2O2/c1-7-2-3-8-9-6-12(13(16)17)15-11(9)5-4-10(8)14-7/h2-6,14H,1H3,(H,16,17). The fraction of sp³-hybridized carbons (Fsp3) is 0.0769. The maximum absolute atomic E-state index is 10.9. The number of benzene rings is 1. The SMILES string of the molecule is Cc1ccc2c(ccc3nc(C(=O)O)cc32)[nH]1. The summed E-state index contributed by atoms with van der Waals surface area (Å²) in [6.45, 7) is 1.98. The van der Waals surface area contributed by atoms with Gasteiger partial charge in [0.1, 0.15) is 5.69 Å². The number of aromatic amines is 1. The zero-order valence-electron chi connectivity index (χ0n) is 9.19. The number of aromatic nitrogens is 2. The predicted molar refractivity (Wildman–Crippen MR) is 65.3 cm³/mol. The second kappa shape index (κ2) is 3.31. The Bertz CT molecular complexity index is 744. The molecule has 0 saturated carbocycles. The Balaban J connectivity index is 2.42. The number of aromatic carboxylic acids is 1. The van der Waals surface area contributed by atoms with Crippen LogP contribution in [0, 0.1) is 6.92 Å². The number of aryl methyl sites for hydroxylation is 1. The van der Waals surface area contributed by atoms with Crippen molar-refractivity contribution >= 4 is 27.8 Å². The number of pyridine rings is 1. The molecule has 3 aromatic rings. The highest BCUT2D eigenvalue weighted by atomic mass is 16.4. The molecule has 0 aliphatic carbocycles. The van der Waals surface area contributed by atoms with Crippen LogP contribution in [0.1, 0.15) is 16.2 Å². The van der Waals surface area contributed by atoms with Crippen molar-refractivity contribution < 1.29 is 9.90 Å². The minimum atomic E-state index is -0.995. The van der Waals surface area contributed by atoms with Crippen molar-refractivity contribution in [3.63, 3.8) is 0 Å². The van der Waals surface area contributed by atoms with E-state index < -0.39 is 5.97 Å². The third-order valence-corrected chi connectivity index (χ3v) is 2.84. The van der Waals surface area contributed by atoms with E-state index in [-0.39, 0.29) is 5.69 Å². The second-order valence-corrected chi connectivity index (χ2v) is 4.05. The van der Waals surface area contributed by atoms with Gasteiger partial charge in [0, 0.05) is 22.0 Å². The number of rotatable bonds is 1. The molecule has 0 saturated heterocycles. The van der Waals surface area contributed by atoms with Crippen molar-refractivity contribution in [2.75, 3.05) is 0 Å². The van der Waals surface area contributed by atoms with Gasteiger partial charge < -0.3 is 10.1 Å². The molecule has 1 aromatic carbocycles. The van der Waals surface area contributed by atoms with E-state index in [9.17, 15) is 4.79 Å². The monoisotopic (exact) mass is 226 g/mol. The average Bonchev–Trinajstić information content (AvgIpc) is 2.72. The highest BCUT2D eigenvalue weighted by molar-refractivity contribution is 6.07. The van der Waals surface area contributed by atoms with E-state index in [2.05, 4.69) is 9.97 Å². The van der Waals surface area contributed by atoms with E-state index in [1.807, 2.05) is 31.2 Å². The predicted octanol–water partition coefficient (Wildman–Crippen LogP) is 2.72. The van der Waals surface area contributed by atoms with Crippen LogP contribution in [0.15, 0.2) is 30.3 Å². The van der Waals surface area contributed by atoms with E-state index >= 15 is 0 Å². The molecule has 0 atom stereocenters. The van der Waals surface area contributed by atoms with E-state index in [0.29, 0.717) is 5.52 Å². The molecule has 84 valence electrons. The molecule has 0 amide bonds. The van der Waals surface area contributed by atoms with Gasteiger partial charge in [-0.3, -0.25) is 0 Å². The van der Waals surface area contributed by atoms with Gasteiger partial charge in [-0.2, -0.15) is 0 Å². The van der Waals surface area contributed by atoms with Crippen LogP contribution in [0.25, 0.3) is 21.8 Å². The summed E-state index contributed by atoms with van der Waals surface area (Å²) in [7, 11) is 0. The van der Waals surface area contributed by atoms with Crippen LogP contribution < -0.4 is 0 Å². The van der Waals surface area contributed by atoms with Gasteiger partial charge in [0.2, 0.25) is 0 Å². The lowest BCUT2D eigenvalue weighted by Gasteiger charge is -2.01. The fourth-order valence-corrected chi connectivity index (χ4v) is 2.03. The highest BCUT2D eigenvalue weighted by Gasteiger charge is 2.11. The summed E-state index contributed by atoms with van der Waals surface area (Å²) >= 11 is 0. The largest absolute Gasteiger partial charge is 0.477 e. The summed E-state index contributed by atoms with van der Waals surface area (Å²) < 4.78 is 0. The molecule has 0 aliphatic heterocycles. The molecule has 0 unspecified atom stereocenters. The number of carbonyl (C=O) groups is 1. The van der Waals surface area contributed by atoms with Gasteiger partial charge in [-0.15, -0.1) is 0 Å². The lowest BCUT2D eigenvalue weighted by Crippen LogP contribution is -1.94. The summed E-state index contributed by atoms with van der Waals surface area (Å²) in [6.07, 6.45) is 0. The summed E-state index contributed by atoms with van der Waals surface area (Å²) in [5.41, 5.74) is 2.86. The summed E-state index contributed by atoms with van der Waals surface area (Å²) in [6, 6.07) is 9.32. The number of nitrogens with one attached hydrogen (secondary N) is 1. The van der Waals surface area contributed by atoms with Crippen LogP contribution in [0.4, 0.5) is 0 Å². The zero-order valence-corrected chi connectivity index (χ0v) is 9.19. The Labute approximate surface area is 96.9 Å². The maximum atomic E-state index is 10.9. The van der Waals surface area contributed by atoms with Crippen LogP contribution >= 0.6 is 0 Å². The highest BCUT2D eigenvalue weighted by Crippen LogP contribution is 2.25. The molecule has 2 heterocycles. The topological polar surface area (TPSA) is 66.0 Å². The number of fused-ring (bicyclic) bond motifs is 3. The summed E-state index contributed by atoms with van der Waals surface area (Å²) in [5, 5.41) is 10.8. The first-order valence-electron chi connectivity index (χ1n) is 5.27. The molecule has 0 bridgehead atoms. The quantitative estimate of drug-likeness (QED) is 0.670. The molecular formula is C13H10N2O2. The van der Waals surface area contributed by atoms with Gasteiger partial charge in [0.15, 0.2) is 0 Å². The van der Waals surface area contributed by atoms with Crippen LogP contribution in [0.2, 0.25) is 0 Å². The third kappa shape index (κ3) is 1.45. The van der Waals surface area contributed by atoms with Crippen LogP contribution in [0.5, 0.6) is 0 Å². The van der Waals surface area contributed by atoms with Crippen LogP contribution in [-0.4, -0.2) is 21.0 Å². The first kappa shape index (κ1) is 9.84. The van der Waals surface area contributed by atoms with Gasteiger partial charge in [0.25, 0.3) is 0 Å². The lowest BCUT2D eigenvalue weighted by molar-refractivity contribution is 0.0691. The second-order valence-electron chi connectivity index (χ2n) is 4.05. The molecule has 0 spiro atoms. The third-order valence-electron chi connectivity index (χ3n) is 2.84. The van der Waals surface area contributed by atoms with Crippen molar-refractivity contribution in [1.82, 2.24) is 9.97 Å². The number of hydrogen-bond acceptors (Lipinski definition) is 2. The fourth-order valence-electron chi connectivity index (χ4n) is 2.03. The smallest absolute Gasteiger partial charge is 0.354 e. The van der Waals surface area contributed by atoms with Crippen molar-refractivity contribution in [3.05, 3.63) is 41.7 Å². The van der Waals surface area contributed by atoms with Crippen molar-refractivity contribution in [1.29, 1.82) is 0 Å². The molecule has 2 N–H and O–H groups in total. The molecule has 3 rings (SSSR count). The Morgan fingerprint density at radius 2 is 2.06 bits per heavy atom. The number of carboxylic acid groups (broad SMARTS) is 1. The van der Waals surface area contributed by atoms with Crippen LogP contribution in [0.3, 0.4) is 0 Å². The van der Waals surface area contributed by atoms with Crippen molar-refractivity contribution in [3.8, 4) is 0 Å². The van der Waals surface area contributed by atoms with E-state index in [1.165, 1.54) is 0 Å². The zero-order chi connectivity index (χ0) is 12.0. The van der Waals surface area contributed by atoms with Crippen molar-refractivity contribution in [2.24, 2.45) is 0 Å². The minimum absolute atomic E-state index is 0.0908. The molecule has 0 radical (unpaired) electrons. The summed E-state index contributed by atoms with van der Waals surface area (Å²) in [4.78, 5) is 18.2. The van der Waals surface area contributed by atoms with Crippen LogP contribution in [-0.2, 0) is 0 Å². The number of nitrogens with zero attached hydrogens (tertiary/aromatic N) is 1. The molecule has 17 heavy (non-hydrogen) atoms. The Hall–Kier alpha value is -2.36. The molecule has 2 aromatic heterocycles. The van der Waals surface area contributed by atoms with E-state index in [4.69, 9.17) is 5.11 Å². The number of hydrogen-bond donors (Lipinski definition) is 2. The van der Waals surface area contributed by atoms with Gasteiger partial charge in [-0.1, -0.05) is 6.07 Å². The van der Waals surface area contributed by atoms with Crippen molar-refractivity contribution in [2.45, 2.75) is 6.92 Å². The Morgan fingerprint density at radius 1 is 1.24 bits per heavy atom. The first-order valence-corrected chi connectivity index (χ1v) is 5.27. The first-order chi connectivity index (χ1) is 8.15. The van der Waals surface area contributed by atoms with Gasteiger partial charge in [-0.05, 0) is 31.2 Å². The molecule has 4 heteroatoms. The Morgan fingerprint density at radius 3 is 2.82 bits per heavy atom. The van der Waals surface area contributed by atoms with Gasteiger partial charge in [0.05, 0.1) is 5.52 Å². The Kier molecular flexibility index (Phi) is 1.92. The van der Waals surface area contributed by atoms with Gasteiger partial charge >= 0.3 is 5.97 Å². The molecule has 0 aliphatic rings. The lowest BCUT2D eigenvalue weighted by atomic mass is 10.1. The van der Waals surface area contributed by atoms with E-state index in [1.54, 1.807) is 6.07 Å². The number of H-pyrrole nitrogens is 1.